The number of hydrogen-bond acceptors (Lipinski definition) is 5. The first-order valence-electron chi connectivity index (χ1n) is 5.75. The quantitative estimate of drug-likeness (QED) is 0.651. The van der Waals surface area contributed by atoms with Gasteiger partial charge in [0.05, 0.1) is 16.6 Å². The molecule has 2 aromatic rings. The van der Waals surface area contributed by atoms with Crippen LogP contribution in [0.1, 0.15) is 11.8 Å². The van der Waals surface area contributed by atoms with Crippen molar-refractivity contribution < 1.29 is 0 Å². The van der Waals surface area contributed by atoms with Crippen molar-refractivity contribution >= 4 is 46.2 Å². The minimum atomic E-state index is 0.406. The van der Waals surface area contributed by atoms with Crippen LogP contribution in [0.3, 0.4) is 0 Å². The molecule has 0 fully saturated rings. The molecule has 0 aliphatic heterocycles. The van der Waals surface area contributed by atoms with Crippen molar-refractivity contribution in [2.24, 2.45) is 5.84 Å². The fourth-order valence-corrected chi connectivity index (χ4v) is 2.96. The summed E-state index contributed by atoms with van der Waals surface area (Å²) in [4.78, 5) is 7.69. The van der Waals surface area contributed by atoms with Gasteiger partial charge in [0.2, 0.25) is 0 Å². The highest BCUT2D eigenvalue weighted by molar-refractivity contribution is 7.09. The second-order valence-electron chi connectivity index (χ2n) is 3.86. The predicted molar refractivity (Wildman–Crippen MR) is 83.1 cm³/mol. The highest BCUT2D eigenvalue weighted by Gasteiger charge is 2.15. The Balaban J connectivity index is 2.32. The standard InChI is InChI=1S/C12H14Cl2N4S/c1-2-18(7-8-4-3-5-19-8)12-10(14)6-9(13)11(16-12)17-15/h3-6H,2,7,15H2,1H3,(H,16,17). The highest BCUT2D eigenvalue weighted by atomic mass is 35.5. The number of aromatic nitrogens is 1. The first kappa shape index (κ1) is 14.4. The first-order valence-corrected chi connectivity index (χ1v) is 7.39. The van der Waals surface area contributed by atoms with E-state index in [1.165, 1.54) is 4.88 Å². The zero-order valence-electron chi connectivity index (χ0n) is 10.4. The normalized spacial score (nSPS) is 10.5. The first-order chi connectivity index (χ1) is 9.15. The van der Waals surface area contributed by atoms with Crippen LogP contribution in [0.2, 0.25) is 10.0 Å². The molecule has 0 aliphatic carbocycles. The summed E-state index contributed by atoms with van der Waals surface area (Å²) in [5, 5.41) is 2.97. The van der Waals surface area contributed by atoms with E-state index in [0.29, 0.717) is 21.7 Å². The van der Waals surface area contributed by atoms with Crippen LogP contribution in [0.25, 0.3) is 0 Å². The molecular weight excluding hydrogens is 303 g/mol. The van der Waals surface area contributed by atoms with Crippen LogP contribution in [0.5, 0.6) is 0 Å². The Morgan fingerprint density at radius 1 is 1.42 bits per heavy atom. The minimum absolute atomic E-state index is 0.406. The molecule has 2 rings (SSSR count). The molecule has 0 amide bonds. The lowest BCUT2D eigenvalue weighted by molar-refractivity contribution is 0.824. The molecular formula is C12H14Cl2N4S. The van der Waals surface area contributed by atoms with Gasteiger partial charge in [0.15, 0.2) is 5.82 Å². The fraction of sp³-hybridized carbons (Fsp3) is 0.250. The lowest BCUT2D eigenvalue weighted by Gasteiger charge is -2.23. The average Bonchev–Trinajstić information content (AvgIpc) is 2.89. The fourth-order valence-electron chi connectivity index (χ4n) is 1.71. The maximum Gasteiger partial charge on any atom is 0.161 e. The minimum Gasteiger partial charge on any atom is -0.350 e. The molecule has 0 unspecified atom stereocenters. The van der Waals surface area contributed by atoms with E-state index in [9.17, 15) is 0 Å². The zero-order valence-corrected chi connectivity index (χ0v) is 12.7. The van der Waals surface area contributed by atoms with Gasteiger partial charge >= 0.3 is 0 Å². The molecule has 0 radical (unpaired) electrons. The molecule has 102 valence electrons. The Hall–Kier alpha value is -1.01. The van der Waals surface area contributed by atoms with Gasteiger partial charge in [-0.05, 0) is 24.4 Å². The summed E-state index contributed by atoms with van der Waals surface area (Å²) < 4.78 is 0. The third-order valence-corrected chi connectivity index (χ3v) is 4.08. The van der Waals surface area contributed by atoms with E-state index in [1.54, 1.807) is 17.4 Å². The number of hydrogen-bond donors (Lipinski definition) is 2. The second kappa shape index (κ2) is 6.43. The molecule has 19 heavy (non-hydrogen) atoms. The molecule has 0 aliphatic rings. The second-order valence-corrected chi connectivity index (χ2v) is 5.71. The van der Waals surface area contributed by atoms with Crippen molar-refractivity contribution in [3.63, 3.8) is 0 Å². The summed E-state index contributed by atoms with van der Waals surface area (Å²) >= 11 is 13.9. The molecule has 0 spiro atoms. The van der Waals surface area contributed by atoms with Crippen LogP contribution >= 0.6 is 34.5 Å². The Labute approximate surface area is 126 Å². The van der Waals surface area contributed by atoms with E-state index in [2.05, 4.69) is 28.3 Å². The van der Waals surface area contributed by atoms with Crippen LogP contribution in [-0.2, 0) is 6.54 Å². The number of nitrogens with one attached hydrogen (secondary N) is 1. The Bertz CT molecular complexity index is 545. The molecule has 2 heterocycles. The monoisotopic (exact) mass is 316 g/mol. The molecule has 2 aromatic heterocycles. The van der Waals surface area contributed by atoms with Crippen molar-refractivity contribution in [3.8, 4) is 0 Å². The van der Waals surface area contributed by atoms with E-state index >= 15 is 0 Å². The molecule has 0 saturated carbocycles. The number of pyridine rings is 1. The number of anilines is 2. The highest BCUT2D eigenvalue weighted by Crippen LogP contribution is 2.32. The summed E-state index contributed by atoms with van der Waals surface area (Å²) in [6.45, 7) is 3.60. The summed E-state index contributed by atoms with van der Waals surface area (Å²) in [5.41, 5.74) is 2.47. The van der Waals surface area contributed by atoms with Gasteiger partial charge in [0.25, 0.3) is 0 Å². The van der Waals surface area contributed by atoms with Crippen molar-refractivity contribution in [1.82, 2.24) is 4.98 Å². The maximum atomic E-state index is 6.22. The number of hydrazine groups is 1. The third kappa shape index (κ3) is 3.30. The number of rotatable bonds is 5. The number of nitrogens with zero attached hydrogens (tertiary/aromatic N) is 2. The molecule has 0 aromatic carbocycles. The maximum absolute atomic E-state index is 6.22. The van der Waals surface area contributed by atoms with Gasteiger partial charge < -0.3 is 10.3 Å². The Kier molecular flexibility index (Phi) is 4.87. The van der Waals surface area contributed by atoms with E-state index in [0.717, 1.165) is 13.1 Å². The third-order valence-electron chi connectivity index (χ3n) is 2.66. The van der Waals surface area contributed by atoms with Crippen LogP contribution in [-0.4, -0.2) is 11.5 Å². The lowest BCUT2D eigenvalue weighted by Crippen LogP contribution is -2.23. The van der Waals surface area contributed by atoms with Crippen molar-refractivity contribution in [2.45, 2.75) is 13.5 Å². The van der Waals surface area contributed by atoms with Crippen molar-refractivity contribution in [3.05, 3.63) is 38.5 Å². The van der Waals surface area contributed by atoms with Gasteiger partial charge in [-0.1, -0.05) is 29.3 Å². The topological polar surface area (TPSA) is 54.2 Å². The SMILES string of the molecule is CCN(Cc1cccs1)c1nc(NN)c(Cl)cc1Cl. The van der Waals surface area contributed by atoms with E-state index in [1.807, 2.05) is 11.4 Å². The summed E-state index contributed by atoms with van der Waals surface area (Å²) in [7, 11) is 0. The van der Waals surface area contributed by atoms with Gasteiger partial charge in [-0.25, -0.2) is 10.8 Å². The van der Waals surface area contributed by atoms with Gasteiger partial charge in [-0.3, -0.25) is 0 Å². The summed E-state index contributed by atoms with van der Waals surface area (Å²) in [6, 6.07) is 5.76. The van der Waals surface area contributed by atoms with Gasteiger partial charge in [-0.15, -0.1) is 11.3 Å². The number of nitrogen functional groups attached to an aromatic ring is 1. The smallest absolute Gasteiger partial charge is 0.161 e. The van der Waals surface area contributed by atoms with E-state index in [4.69, 9.17) is 29.0 Å². The lowest BCUT2D eigenvalue weighted by atomic mass is 10.3. The molecule has 0 atom stereocenters. The van der Waals surface area contributed by atoms with Crippen LogP contribution in [0.4, 0.5) is 11.6 Å². The molecule has 0 saturated heterocycles. The van der Waals surface area contributed by atoms with Gasteiger partial charge in [0.1, 0.15) is 5.82 Å². The Morgan fingerprint density at radius 2 is 2.21 bits per heavy atom. The van der Waals surface area contributed by atoms with Crippen LogP contribution in [0.15, 0.2) is 23.6 Å². The van der Waals surface area contributed by atoms with E-state index < -0.39 is 0 Å². The summed E-state index contributed by atoms with van der Waals surface area (Å²) in [6.07, 6.45) is 0. The predicted octanol–water partition coefficient (Wildman–Crippen LogP) is 3.76. The number of nitrogens with two attached hydrogens (primary N) is 1. The number of halogens is 2. The van der Waals surface area contributed by atoms with Crippen LogP contribution in [0, 0.1) is 0 Å². The van der Waals surface area contributed by atoms with Crippen molar-refractivity contribution in [2.75, 3.05) is 16.9 Å². The zero-order chi connectivity index (χ0) is 13.8. The molecule has 4 nitrogen and oxygen atoms in total. The van der Waals surface area contributed by atoms with E-state index in [-0.39, 0.29) is 0 Å². The summed E-state index contributed by atoms with van der Waals surface area (Å²) in [5.74, 6) is 6.49. The molecule has 7 heteroatoms. The number of thiophene rings is 1. The Morgan fingerprint density at radius 3 is 2.79 bits per heavy atom. The average molecular weight is 317 g/mol. The largest absolute Gasteiger partial charge is 0.350 e. The van der Waals surface area contributed by atoms with Crippen LogP contribution < -0.4 is 16.2 Å². The van der Waals surface area contributed by atoms with Gasteiger partial charge in [0, 0.05) is 11.4 Å². The van der Waals surface area contributed by atoms with Crippen molar-refractivity contribution in [1.29, 1.82) is 0 Å². The molecule has 0 bridgehead atoms. The molecule has 3 N–H and O–H groups in total. The van der Waals surface area contributed by atoms with Gasteiger partial charge in [-0.2, -0.15) is 0 Å².